The highest BCUT2D eigenvalue weighted by molar-refractivity contribution is 14.0. The van der Waals surface area contributed by atoms with Gasteiger partial charge in [-0.2, -0.15) is 0 Å². The number of carbonyl (C=O) groups excluding carboxylic acids is 1. The molecule has 1 unspecified atom stereocenters. The Balaban J connectivity index is 0.00000280. The quantitative estimate of drug-likeness (QED) is 0.321. The van der Waals surface area contributed by atoms with Crippen molar-refractivity contribution < 1.29 is 9.18 Å². The van der Waals surface area contributed by atoms with Crippen molar-refractivity contribution in [2.45, 2.75) is 18.8 Å². The fraction of sp³-hybridized carbons (Fsp3) is 0.300. The molecule has 3 N–H and O–H groups in total. The van der Waals surface area contributed by atoms with Crippen molar-refractivity contribution in [3.8, 4) is 0 Å². The Labute approximate surface area is 186 Å². The Morgan fingerprint density at radius 3 is 2.79 bits per heavy atom. The fourth-order valence-corrected chi connectivity index (χ4v) is 3.46. The maximum absolute atomic E-state index is 13.8. The predicted octanol–water partition coefficient (Wildman–Crippen LogP) is 3.93. The van der Waals surface area contributed by atoms with Crippen LogP contribution < -0.4 is 16.0 Å². The van der Waals surface area contributed by atoms with Crippen molar-refractivity contribution in [1.29, 1.82) is 0 Å². The number of halogens is 3. The molecule has 0 fully saturated rings. The van der Waals surface area contributed by atoms with Crippen LogP contribution in [0.25, 0.3) is 0 Å². The van der Waals surface area contributed by atoms with Crippen LogP contribution in [0.15, 0.2) is 47.5 Å². The molecule has 2 aromatic rings. The van der Waals surface area contributed by atoms with E-state index < -0.39 is 0 Å². The summed E-state index contributed by atoms with van der Waals surface area (Å²) in [5, 5.41) is 9.72. The van der Waals surface area contributed by atoms with Gasteiger partial charge in [0.25, 0.3) is 0 Å². The number of nitrogens with zero attached hydrogens (tertiary/aromatic N) is 1. The predicted molar refractivity (Wildman–Crippen MR) is 122 cm³/mol. The van der Waals surface area contributed by atoms with Crippen LogP contribution in [-0.4, -0.2) is 32.0 Å². The standard InChI is InChI=1S/C20H22ClFN4O.HI/c1-23-20(24-10-9-15-16(21)6-4-7-17(15)22)25-12-13-11-19(27)26-18-8-3-2-5-14(13)18;/h2-8,13H,9-12H2,1H3,(H,26,27)(H2,23,24,25);1H. The van der Waals surface area contributed by atoms with Gasteiger partial charge in [-0.1, -0.05) is 35.9 Å². The number of hydrogen-bond acceptors (Lipinski definition) is 2. The van der Waals surface area contributed by atoms with Gasteiger partial charge in [0.15, 0.2) is 5.96 Å². The Hall–Kier alpha value is -1.87. The summed E-state index contributed by atoms with van der Waals surface area (Å²) in [6.07, 6.45) is 0.868. The molecule has 1 aliphatic rings. The lowest BCUT2D eigenvalue weighted by atomic mass is 9.90. The van der Waals surface area contributed by atoms with Crippen molar-refractivity contribution in [2.75, 3.05) is 25.5 Å². The minimum Gasteiger partial charge on any atom is -0.356 e. The Morgan fingerprint density at radius 1 is 1.25 bits per heavy atom. The van der Waals surface area contributed by atoms with E-state index in [1.165, 1.54) is 6.07 Å². The second kappa shape index (κ2) is 10.6. The molecule has 0 saturated carbocycles. The van der Waals surface area contributed by atoms with Crippen LogP contribution in [-0.2, 0) is 11.2 Å². The van der Waals surface area contributed by atoms with Crippen LogP contribution in [0.3, 0.4) is 0 Å². The van der Waals surface area contributed by atoms with E-state index in [9.17, 15) is 9.18 Å². The van der Waals surface area contributed by atoms with Crippen molar-refractivity contribution >= 4 is 53.1 Å². The molecular formula is C20H23ClFIN4O. The number of nitrogens with one attached hydrogen (secondary N) is 3. The minimum absolute atomic E-state index is 0. The maximum Gasteiger partial charge on any atom is 0.225 e. The zero-order valence-corrected chi connectivity index (χ0v) is 18.6. The lowest BCUT2D eigenvalue weighted by molar-refractivity contribution is -0.116. The van der Waals surface area contributed by atoms with Crippen LogP contribution in [0, 0.1) is 5.82 Å². The summed E-state index contributed by atoms with van der Waals surface area (Å²) < 4.78 is 13.8. The number of aliphatic imine (C=N–C) groups is 1. The highest BCUT2D eigenvalue weighted by Crippen LogP contribution is 2.31. The molecule has 1 amide bonds. The SMILES string of the molecule is CN=C(NCCc1c(F)cccc1Cl)NCC1CC(=O)Nc2ccccc21.I. The highest BCUT2D eigenvalue weighted by atomic mass is 127. The number of carbonyl (C=O) groups is 1. The van der Waals surface area contributed by atoms with E-state index in [1.54, 1.807) is 19.2 Å². The molecule has 0 aliphatic carbocycles. The summed E-state index contributed by atoms with van der Waals surface area (Å²) in [5.74, 6) is 0.371. The molecule has 150 valence electrons. The van der Waals surface area contributed by atoms with Crippen molar-refractivity contribution in [3.63, 3.8) is 0 Å². The molecule has 5 nitrogen and oxygen atoms in total. The van der Waals surface area contributed by atoms with Gasteiger partial charge >= 0.3 is 0 Å². The Morgan fingerprint density at radius 2 is 2.04 bits per heavy atom. The summed E-state index contributed by atoms with van der Waals surface area (Å²) in [7, 11) is 1.67. The van der Waals surface area contributed by atoms with Gasteiger partial charge < -0.3 is 16.0 Å². The van der Waals surface area contributed by atoms with Crippen LogP contribution in [0.5, 0.6) is 0 Å². The van der Waals surface area contributed by atoms with E-state index in [-0.39, 0.29) is 41.6 Å². The molecule has 0 saturated heterocycles. The van der Waals surface area contributed by atoms with Gasteiger partial charge in [0.05, 0.1) is 0 Å². The molecule has 1 atom stereocenters. The third kappa shape index (κ3) is 5.57. The Bertz CT molecular complexity index is 842. The first-order chi connectivity index (χ1) is 13.1. The largest absolute Gasteiger partial charge is 0.356 e. The Kier molecular flexibility index (Phi) is 8.50. The number of fused-ring (bicyclic) bond motifs is 1. The third-order valence-corrected chi connectivity index (χ3v) is 4.93. The molecule has 1 aliphatic heterocycles. The molecule has 0 radical (unpaired) electrons. The number of rotatable bonds is 5. The number of hydrogen-bond donors (Lipinski definition) is 3. The molecular weight excluding hydrogens is 494 g/mol. The molecule has 3 rings (SSSR count). The number of anilines is 1. The topological polar surface area (TPSA) is 65.5 Å². The first kappa shape index (κ1) is 22.4. The van der Waals surface area contributed by atoms with Crippen molar-refractivity contribution in [2.24, 2.45) is 4.99 Å². The molecule has 0 aromatic heterocycles. The summed E-state index contributed by atoms with van der Waals surface area (Å²) in [6.45, 7) is 1.06. The van der Waals surface area contributed by atoms with Gasteiger partial charge in [0, 0.05) is 48.7 Å². The van der Waals surface area contributed by atoms with Crippen LogP contribution >= 0.6 is 35.6 Å². The van der Waals surface area contributed by atoms with Gasteiger partial charge in [-0.05, 0) is 30.2 Å². The van der Waals surface area contributed by atoms with Gasteiger partial charge in [-0.3, -0.25) is 9.79 Å². The fourth-order valence-electron chi connectivity index (χ4n) is 3.20. The van der Waals surface area contributed by atoms with E-state index in [0.29, 0.717) is 42.5 Å². The van der Waals surface area contributed by atoms with Crippen LogP contribution in [0.4, 0.5) is 10.1 Å². The molecule has 0 spiro atoms. The maximum atomic E-state index is 13.8. The normalized spacial score (nSPS) is 15.9. The van der Waals surface area contributed by atoms with E-state index >= 15 is 0 Å². The summed E-state index contributed by atoms with van der Waals surface area (Å²) in [6, 6.07) is 12.5. The number of para-hydroxylation sites is 1. The molecule has 1 heterocycles. The van der Waals surface area contributed by atoms with E-state index in [1.807, 2.05) is 24.3 Å². The van der Waals surface area contributed by atoms with Crippen LogP contribution in [0.1, 0.15) is 23.5 Å². The van der Waals surface area contributed by atoms with E-state index in [2.05, 4.69) is 20.9 Å². The summed E-state index contributed by atoms with van der Waals surface area (Å²) in [5.41, 5.74) is 2.45. The third-order valence-electron chi connectivity index (χ3n) is 4.58. The van der Waals surface area contributed by atoms with E-state index in [4.69, 9.17) is 11.6 Å². The molecule has 28 heavy (non-hydrogen) atoms. The lowest BCUT2D eigenvalue weighted by Crippen LogP contribution is -2.41. The molecule has 8 heteroatoms. The zero-order valence-electron chi connectivity index (χ0n) is 15.5. The summed E-state index contributed by atoms with van der Waals surface area (Å²) >= 11 is 6.05. The molecule has 0 bridgehead atoms. The average Bonchev–Trinajstić information content (AvgIpc) is 2.66. The summed E-state index contributed by atoms with van der Waals surface area (Å²) in [4.78, 5) is 16.1. The zero-order chi connectivity index (χ0) is 19.2. The highest BCUT2D eigenvalue weighted by Gasteiger charge is 2.24. The van der Waals surface area contributed by atoms with Crippen molar-refractivity contribution in [3.05, 3.63) is 64.4 Å². The average molecular weight is 517 g/mol. The second-order valence-electron chi connectivity index (χ2n) is 6.37. The monoisotopic (exact) mass is 516 g/mol. The second-order valence-corrected chi connectivity index (χ2v) is 6.77. The smallest absolute Gasteiger partial charge is 0.225 e. The number of benzene rings is 2. The number of guanidine groups is 1. The van der Waals surface area contributed by atoms with Crippen LogP contribution in [0.2, 0.25) is 5.02 Å². The first-order valence-electron chi connectivity index (χ1n) is 8.84. The lowest BCUT2D eigenvalue weighted by Gasteiger charge is -2.26. The van der Waals surface area contributed by atoms with Gasteiger partial charge in [0.1, 0.15) is 5.82 Å². The van der Waals surface area contributed by atoms with Gasteiger partial charge in [-0.25, -0.2) is 4.39 Å². The van der Waals surface area contributed by atoms with Gasteiger partial charge in [0.2, 0.25) is 5.91 Å². The van der Waals surface area contributed by atoms with Crippen molar-refractivity contribution in [1.82, 2.24) is 10.6 Å². The minimum atomic E-state index is -0.308. The molecule has 2 aromatic carbocycles. The van der Waals surface area contributed by atoms with Gasteiger partial charge in [-0.15, -0.1) is 24.0 Å². The number of amides is 1. The first-order valence-corrected chi connectivity index (χ1v) is 9.22. The van der Waals surface area contributed by atoms with E-state index in [0.717, 1.165) is 11.3 Å².